The fourth-order valence-corrected chi connectivity index (χ4v) is 2.58. The molecule has 4 nitrogen and oxygen atoms in total. The monoisotopic (exact) mass is 294 g/mol. The van der Waals surface area contributed by atoms with Gasteiger partial charge in [-0.25, -0.2) is 4.98 Å². The number of carbonyl (C=O) groups is 1. The Bertz CT molecular complexity index is 350. The fourth-order valence-electron chi connectivity index (χ4n) is 2.58. The van der Waals surface area contributed by atoms with Crippen molar-refractivity contribution in [1.29, 1.82) is 0 Å². The lowest BCUT2D eigenvalue weighted by Crippen LogP contribution is -1.94. The van der Waals surface area contributed by atoms with Crippen molar-refractivity contribution in [3.8, 4) is 0 Å². The molecule has 1 rings (SSSR count). The number of aromatic nitrogens is 2. The maximum atomic E-state index is 10.3. The zero-order valence-corrected chi connectivity index (χ0v) is 13.2. The molecule has 0 aliphatic carbocycles. The van der Waals surface area contributed by atoms with E-state index in [2.05, 4.69) is 9.55 Å². The number of carboxylic acid groups (broad SMARTS) is 1. The van der Waals surface area contributed by atoms with Crippen LogP contribution < -0.4 is 0 Å². The smallest absolute Gasteiger partial charge is 0.303 e. The summed E-state index contributed by atoms with van der Waals surface area (Å²) >= 11 is 0. The molecule has 120 valence electrons. The molecule has 0 aliphatic rings. The summed E-state index contributed by atoms with van der Waals surface area (Å²) in [4.78, 5) is 14.4. The molecule has 0 amide bonds. The first-order valence-electron chi connectivity index (χ1n) is 8.46. The number of aliphatic carboxylic acids is 1. The van der Waals surface area contributed by atoms with Crippen LogP contribution in [0.5, 0.6) is 0 Å². The van der Waals surface area contributed by atoms with Crippen LogP contribution in [0.25, 0.3) is 0 Å². The Hall–Kier alpha value is -1.32. The first-order valence-corrected chi connectivity index (χ1v) is 8.46. The van der Waals surface area contributed by atoms with Gasteiger partial charge in [0.1, 0.15) is 0 Å². The predicted molar refractivity (Wildman–Crippen MR) is 85.3 cm³/mol. The molecule has 0 saturated heterocycles. The van der Waals surface area contributed by atoms with E-state index in [1.54, 1.807) is 0 Å². The highest BCUT2D eigenvalue weighted by molar-refractivity contribution is 5.66. The van der Waals surface area contributed by atoms with Gasteiger partial charge in [0.25, 0.3) is 0 Å². The summed E-state index contributed by atoms with van der Waals surface area (Å²) in [5, 5.41) is 8.52. The zero-order valence-electron chi connectivity index (χ0n) is 13.2. The lowest BCUT2D eigenvalue weighted by Gasteiger charge is -2.03. The van der Waals surface area contributed by atoms with Crippen LogP contribution in [-0.2, 0) is 11.3 Å². The van der Waals surface area contributed by atoms with E-state index in [4.69, 9.17) is 5.11 Å². The van der Waals surface area contributed by atoms with Crippen molar-refractivity contribution in [3.05, 3.63) is 18.7 Å². The third-order valence-corrected chi connectivity index (χ3v) is 3.87. The van der Waals surface area contributed by atoms with Gasteiger partial charge >= 0.3 is 5.97 Å². The van der Waals surface area contributed by atoms with Gasteiger partial charge in [0.05, 0.1) is 6.33 Å². The van der Waals surface area contributed by atoms with E-state index in [0.29, 0.717) is 6.42 Å². The average Bonchev–Trinajstić information content (AvgIpc) is 2.97. The summed E-state index contributed by atoms with van der Waals surface area (Å²) in [5.74, 6) is -0.664. The molecule has 0 aliphatic heterocycles. The molecule has 0 aromatic carbocycles. The van der Waals surface area contributed by atoms with E-state index in [-0.39, 0.29) is 0 Å². The normalized spacial score (nSPS) is 10.9. The number of imidazole rings is 1. The van der Waals surface area contributed by atoms with E-state index in [9.17, 15) is 4.79 Å². The molecule has 0 atom stereocenters. The maximum Gasteiger partial charge on any atom is 0.303 e. The van der Waals surface area contributed by atoms with Gasteiger partial charge in [-0.3, -0.25) is 4.79 Å². The van der Waals surface area contributed by atoms with Gasteiger partial charge < -0.3 is 9.67 Å². The summed E-state index contributed by atoms with van der Waals surface area (Å²) in [6.07, 6.45) is 19.7. The molecule has 1 heterocycles. The minimum absolute atomic E-state index is 0.332. The molecule has 1 aromatic rings. The second kappa shape index (κ2) is 12.4. The topological polar surface area (TPSA) is 55.1 Å². The van der Waals surface area contributed by atoms with E-state index < -0.39 is 5.97 Å². The van der Waals surface area contributed by atoms with Crippen LogP contribution in [-0.4, -0.2) is 20.6 Å². The Morgan fingerprint density at radius 2 is 1.38 bits per heavy atom. The van der Waals surface area contributed by atoms with Crippen LogP contribution in [0.1, 0.15) is 77.0 Å². The largest absolute Gasteiger partial charge is 0.481 e. The average molecular weight is 294 g/mol. The quantitative estimate of drug-likeness (QED) is 0.508. The van der Waals surface area contributed by atoms with Gasteiger partial charge in [-0.15, -0.1) is 0 Å². The van der Waals surface area contributed by atoms with Crippen LogP contribution in [0.15, 0.2) is 18.7 Å². The van der Waals surface area contributed by atoms with Gasteiger partial charge in [0.15, 0.2) is 0 Å². The molecular weight excluding hydrogens is 264 g/mol. The lowest BCUT2D eigenvalue weighted by atomic mass is 10.1. The number of aryl methyl sites for hydroxylation is 1. The van der Waals surface area contributed by atoms with Crippen molar-refractivity contribution in [2.75, 3.05) is 0 Å². The van der Waals surface area contributed by atoms with Crippen molar-refractivity contribution in [2.45, 2.75) is 83.6 Å². The van der Waals surface area contributed by atoms with Gasteiger partial charge in [-0.1, -0.05) is 57.8 Å². The first kappa shape index (κ1) is 17.7. The van der Waals surface area contributed by atoms with Crippen molar-refractivity contribution >= 4 is 5.97 Å². The highest BCUT2D eigenvalue weighted by Crippen LogP contribution is 2.12. The molecule has 1 N–H and O–H groups in total. The Kier molecular flexibility index (Phi) is 10.5. The first-order chi connectivity index (χ1) is 10.3. The molecule has 0 fully saturated rings. The zero-order chi connectivity index (χ0) is 15.2. The number of nitrogens with zero attached hydrogens (tertiary/aromatic N) is 2. The van der Waals surface area contributed by atoms with Crippen molar-refractivity contribution in [3.63, 3.8) is 0 Å². The van der Waals surface area contributed by atoms with Crippen molar-refractivity contribution in [2.24, 2.45) is 0 Å². The van der Waals surface area contributed by atoms with Crippen LogP contribution in [0, 0.1) is 0 Å². The molecule has 1 aromatic heterocycles. The third-order valence-electron chi connectivity index (χ3n) is 3.87. The van der Waals surface area contributed by atoms with Gasteiger partial charge in [0, 0.05) is 25.4 Å². The standard InChI is InChI=1S/C17H30N2O2/c20-17(21)12-10-8-6-4-2-1-3-5-7-9-11-14-19-15-13-18-16-19/h13,15-16H,1-12,14H2,(H,20,21). The molecule has 0 radical (unpaired) electrons. The second-order valence-electron chi connectivity index (χ2n) is 5.83. The summed E-state index contributed by atoms with van der Waals surface area (Å²) in [6.45, 7) is 1.09. The molecule has 0 saturated carbocycles. The Morgan fingerprint density at radius 3 is 1.86 bits per heavy atom. The Morgan fingerprint density at radius 1 is 0.857 bits per heavy atom. The Labute approximate surface area is 128 Å². The molecule has 4 heteroatoms. The summed E-state index contributed by atoms with van der Waals surface area (Å²) in [7, 11) is 0. The van der Waals surface area contributed by atoms with Gasteiger partial charge in [0.2, 0.25) is 0 Å². The van der Waals surface area contributed by atoms with E-state index in [0.717, 1.165) is 19.4 Å². The summed E-state index contributed by atoms with van der Waals surface area (Å²) in [5.41, 5.74) is 0. The van der Waals surface area contributed by atoms with E-state index in [1.165, 1.54) is 57.8 Å². The summed E-state index contributed by atoms with van der Waals surface area (Å²) in [6, 6.07) is 0. The molecule has 0 spiro atoms. The van der Waals surface area contributed by atoms with Crippen molar-refractivity contribution in [1.82, 2.24) is 9.55 Å². The predicted octanol–water partition coefficient (Wildman–Crippen LogP) is 4.65. The second-order valence-corrected chi connectivity index (χ2v) is 5.83. The number of unbranched alkanes of at least 4 members (excludes halogenated alkanes) is 10. The van der Waals surface area contributed by atoms with Crippen molar-refractivity contribution < 1.29 is 9.90 Å². The maximum absolute atomic E-state index is 10.3. The molecule has 21 heavy (non-hydrogen) atoms. The fraction of sp³-hybridized carbons (Fsp3) is 0.765. The molecular formula is C17H30N2O2. The van der Waals surface area contributed by atoms with Crippen LogP contribution in [0.2, 0.25) is 0 Å². The van der Waals surface area contributed by atoms with Gasteiger partial charge in [-0.05, 0) is 12.8 Å². The lowest BCUT2D eigenvalue weighted by molar-refractivity contribution is -0.137. The van der Waals surface area contributed by atoms with E-state index >= 15 is 0 Å². The van der Waals surface area contributed by atoms with E-state index in [1.807, 2.05) is 18.7 Å². The van der Waals surface area contributed by atoms with Crippen LogP contribution in [0.4, 0.5) is 0 Å². The van der Waals surface area contributed by atoms with Crippen LogP contribution in [0.3, 0.4) is 0 Å². The third kappa shape index (κ3) is 11.1. The number of carboxylic acids is 1. The number of rotatable bonds is 14. The highest BCUT2D eigenvalue weighted by atomic mass is 16.4. The minimum Gasteiger partial charge on any atom is -0.481 e. The van der Waals surface area contributed by atoms with Crippen LogP contribution >= 0.6 is 0 Å². The minimum atomic E-state index is -0.664. The number of hydrogen-bond donors (Lipinski definition) is 1. The highest BCUT2D eigenvalue weighted by Gasteiger charge is 1.97. The molecule has 0 unspecified atom stereocenters. The SMILES string of the molecule is O=C(O)CCCCCCCCCCCCCn1ccnc1. The molecule has 0 bridgehead atoms. The summed E-state index contributed by atoms with van der Waals surface area (Å²) < 4.78 is 2.14. The number of hydrogen-bond acceptors (Lipinski definition) is 2. The van der Waals surface area contributed by atoms with Gasteiger partial charge in [-0.2, -0.15) is 0 Å². The Balaban J connectivity index is 1.72.